The van der Waals surface area contributed by atoms with E-state index >= 15 is 0 Å². The lowest BCUT2D eigenvalue weighted by atomic mass is 10.3. The normalized spacial score (nSPS) is 18.0. The van der Waals surface area contributed by atoms with Crippen molar-refractivity contribution in [2.24, 2.45) is 0 Å². The maximum absolute atomic E-state index is 8.66. The minimum Gasteiger partial charge on any atom is -0.389 e. The van der Waals surface area contributed by atoms with Crippen molar-refractivity contribution in [3.8, 4) is 0 Å². The highest BCUT2D eigenvalue weighted by Gasteiger charge is 2.11. The first-order valence-electron chi connectivity index (χ1n) is 2.03. The lowest BCUT2D eigenvalue weighted by Crippen LogP contribution is -2.23. The lowest BCUT2D eigenvalue weighted by molar-refractivity contribution is 0.0724. The fourth-order valence-corrected chi connectivity index (χ4v) is 0.529. The number of rotatable bonds is 3. The Kier molecular flexibility index (Phi) is 4.84. The third-order valence-corrected chi connectivity index (χ3v) is 1.27. The minimum atomic E-state index is -0.921. The first kappa shape index (κ1) is 8.62. The fraction of sp³-hybridized carbons (Fsp3) is 0.500. The molecule has 4 heteroatoms. The average Bonchev–Trinajstić information content (AvgIpc) is 1.84. The predicted octanol–water partition coefficient (Wildman–Crippen LogP) is -0.109. The molecule has 0 saturated carbocycles. The zero-order valence-electron chi connectivity index (χ0n) is 4.10. The van der Waals surface area contributed by atoms with Gasteiger partial charge in [-0.15, -0.1) is 0 Å². The van der Waals surface area contributed by atoms with Crippen molar-refractivity contribution < 1.29 is 10.2 Å². The van der Waals surface area contributed by atoms with Crippen molar-refractivity contribution >= 4 is 25.3 Å². The molecule has 48 valence electrons. The van der Waals surface area contributed by atoms with Gasteiger partial charge in [0.2, 0.25) is 0 Å². The van der Waals surface area contributed by atoms with Gasteiger partial charge >= 0.3 is 0 Å². The number of thiol groups is 2. The first-order valence-corrected chi connectivity index (χ1v) is 3.07. The van der Waals surface area contributed by atoms with Crippen LogP contribution in [0.25, 0.3) is 0 Å². The molecule has 0 bridgehead atoms. The Morgan fingerprint density at radius 1 is 1.00 bits per heavy atom. The molecule has 0 aliphatic carbocycles. The van der Waals surface area contributed by atoms with Gasteiger partial charge in [-0.2, -0.15) is 25.3 Å². The summed E-state index contributed by atoms with van der Waals surface area (Å²) in [6.07, 6.45) is -1.84. The van der Waals surface area contributed by atoms with Crippen LogP contribution < -0.4 is 0 Å². The Morgan fingerprint density at radius 2 is 1.25 bits per heavy atom. The topological polar surface area (TPSA) is 40.5 Å². The van der Waals surface area contributed by atoms with Gasteiger partial charge in [0.25, 0.3) is 0 Å². The number of aliphatic hydroxyl groups excluding tert-OH is 2. The van der Waals surface area contributed by atoms with Crippen molar-refractivity contribution in [2.45, 2.75) is 12.2 Å². The Hall–Kier alpha value is 0.620. The Balaban J connectivity index is 3.29. The zero-order valence-corrected chi connectivity index (χ0v) is 5.89. The van der Waals surface area contributed by atoms with Crippen LogP contribution in [-0.4, -0.2) is 22.4 Å². The second kappa shape index (κ2) is 4.49. The zero-order chi connectivity index (χ0) is 6.57. The van der Waals surface area contributed by atoms with Gasteiger partial charge in [0, 0.05) is 11.5 Å². The van der Waals surface area contributed by atoms with Crippen molar-refractivity contribution in [3.63, 3.8) is 0 Å². The smallest absolute Gasteiger partial charge is 0.0937 e. The Labute approximate surface area is 59.7 Å². The van der Waals surface area contributed by atoms with Crippen LogP contribution >= 0.6 is 25.3 Å². The molecular formula is C4H8O2S2. The largest absolute Gasteiger partial charge is 0.389 e. The summed E-state index contributed by atoms with van der Waals surface area (Å²) in [5.41, 5.74) is 0. The number of hydrogen-bond donors (Lipinski definition) is 4. The minimum absolute atomic E-state index is 0.921. The van der Waals surface area contributed by atoms with Gasteiger partial charge in [0.1, 0.15) is 0 Å². The summed E-state index contributed by atoms with van der Waals surface area (Å²) in [5.74, 6) is 2.38. The maximum Gasteiger partial charge on any atom is 0.0937 e. The summed E-state index contributed by atoms with van der Waals surface area (Å²) >= 11 is 7.24. The molecule has 0 aliphatic heterocycles. The van der Waals surface area contributed by atoms with Crippen molar-refractivity contribution in [1.82, 2.24) is 0 Å². The van der Waals surface area contributed by atoms with Crippen LogP contribution in [0.5, 0.6) is 0 Å². The molecule has 0 saturated heterocycles. The summed E-state index contributed by atoms with van der Waals surface area (Å²) in [6, 6.07) is 0. The monoisotopic (exact) mass is 152 g/mol. The lowest BCUT2D eigenvalue weighted by Gasteiger charge is -2.10. The third-order valence-electron chi connectivity index (χ3n) is 0.655. The quantitative estimate of drug-likeness (QED) is 0.426. The molecule has 0 heterocycles. The molecule has 2 radical (unpaired) electrons. The molecule has 0 amide bonds. The molecule has 0 spiro atoms. The van der Waals surface area contributed by atoms with Gasteiger partial charge in [0.05, 0.1) is 12.2 Å². The first-order chi connectivity index (χ1) is 3.72. The van der Waals surface area contributed by atoms with E-state index in [-0.39, 0.29) is 0 Å². The summed E-state index contributed by atoms with van der Waals surface area (Å²) in [4.78, 5) is 0. The average molecular weight is 152 g/mol. The van der Waals surface area contributed by atoms with Crippen LogP contribution in [0, 0.1) is 11.5 Å². The van der Waals surface area contributed by atoms with E-state index in [0.717, 1.165) is 0 Å². The molecule has 0 rings (SSSR count). The number of aliphatic hydroxyl groups is 2. The van der Waals surface area contributed by atoms with Crippen LogP contribution in [0.4, 0.5) is 0 Å². The molecular weight excluding hydrogens is 144 g/mol. The van der Waals surface area contributed by atoms with Crippen LogP contribution in [0.3, 0.4) is 0 Å². The molecule has 0 aromatic heterocycles. The highest BCUT2D eigenvalue weighted by Crippen LogP contribution is 2.04. The van der Waals surface area contributed by atoms with E-state index in [0.29, 0.717) is 0 Å². The second-order valence-corrected chi connectivity index (χ2v) is 1.88. The molecule has 0 unspecified atom stereocenters. The van der Waals surface area contributed by atoms with E-state index in [2.05, 4.69) is 25.3 Å². The molecule has 0 aliphatic rings. The standard InChI is InChI=1S/C4H8O2S2/c5-3(1-7)4(6)2-8/h1-8H/t3-,4-/m1/s1. The molecule has 8 heavy (non-hydrogen) atoms. The van der Waals surface area contributed by atoms with Crippen molar-refractivity contribution in [1.29, 1.82) is 0 Å². The maximum atomic E-state index is 8.66. The van der Waals surface area contributed by atoms with Crippen LogP contribution in [-0.2, 0) is 0 Å². The fourth-order valence-electron chi connectivity index (χ4n) is 0.176. The van der Waals surface area contributed by atoms with Crippen LogP contribution in [0.1, 0.15) is 0 Å². The molecule has 2 N–H and O–H groups in total. The van der Waals surface area contributed by atoms with E-state index in [1.54, 1.807) is 0 Å². The molecule has 2 nitrogen and oxygen atoms in total. The second-order valence-electron chi connectivity index (χ2n) is 1.28. The van der Waals surface area contributed by atoms with E-state index in [9.17, 15) is 0 Å². The van der Waals surface area contributed by atoms with Gasteiger partial charge in [0.15, 0.2) is 0 Å². The molecule has 2 atom stereocenters. The molecule has 0 aromatic rings. The molecule has 0 fully saturated rings. The van der Waals surface area contributed by atoms with E-state index in [1.165, 1.54) is 11.5 Å². The highest BCUT2D eigenvalue weighted by atomic mass is 32.1. The summed E-state index contributed by atoms with van der Waals surface area (Å²) in [6.45, 7) is 0. The summed E-state index contributed by atoms with van der Waals surface area (Å²) in [7, 11) is 0. The van der Waals surface area contributed by atoms with E-state index in [1.807, 2.05) is 0 Å². The predicted molar refractivity (Wildman–Crippen MR) is 38.6 cm³/mol. The Morgan fingerprint density at radius 3 is 1.38 bits per heavy atom. The molecule has 0 aromatic carbocycles. The van der Waals surface area contributed by atoms with Gasteiger partial charge in [-0.1, -0.05) is 0 Å². The van der Waals surface area contributed by atoms with Crippen LogP contribution in [0.2, 0.25) is 0 Å². The van der Waals surface area contributed by atoms with Crippen molar-refractivity contribution in [2.75, 3.05) is 0 Å². The Bertz CT molecular complexity index is 52.0. The summed E-state index contributed by atoms with van der Waals surface area (Å²) < 4.78 is 0. The van der Waals surface area contributed by atoms with Gasteiger partial charge in [-0.05, 0) is 0 Å². The number of hydrogen-bond acceptors (Lipinski definition) is 4. The van der Waals surface area contributed by atoms with E-state index in [4.69, 9.17) is 10.2 Å². The summed E-state index contributed by atoms with van der Waals surface area (Å²) in [5, 5.41) is 17.3. The SMILES string of the molecule is O[C@H]([CH]S)[C@H](O)[CH]S. The van der Waals surface area contributed by atoms with Gasteiger partial charge < -0.3 is 10.2 Å². The third kappa shape index (κ3) is 2.81. The van der Waals surface area contributed by atoms with Gasteiger partial charge in [-0.25, -0.2) is 0 Å². The highest BCUT2D eigenvalue weighted by molar-refractivity contribution is 7.82. The van der Waals surface area contributed by atoms with E-state index < -0.39 is 12.2 Å². The van der Waals surface area contributed by atoms with Gasteiger partial charge in [-0.3, -0.25) is 0 Å². The van der Waals surface area contributed by atoms with Crippen molar-refractivity contribution in [3.05, 3.63) is 11.5 Å². The van der Waals surface area contributed by atoms with Crippen LogP contribution in [0.15, 0.2) is 0 Å².